The van der Waals surface area contributed by atoms with Gasteiger partial charge in [0, 0.05) is 6.42 Å². The third kappa shape index (κ3) is 12.8. The molecule has 192 valence electrons. The molecule has 0 saturated heterocycles. The summed E-state index contributed by atoms with van der Waals surface area (Å²) in [5, 5.41) is 0. The van der Waals surface area contributed by atoms with Crippen molar-refractivity contribution < 1.29 is 4.57 Å². The number of aromatic nitrogens is 2. The highest BCUT2D eigenvalue weighted by Gasteiger charge is 2.17. The minimum atomic E-state index is 0.998. The van der Waals surface area contributed by atoms with Crippen LogP contribution in [0.4, 0.5) is 0 Å². The van der Waals surface area contributed by atoms with Gasteiger partial charge in [-0.1, -0.05) is 140 Å². The number of benzene rings is 1. The fourth-order valence-electron chi connectivity index (χ4n) is 5.10. The SMILES string of the molecule is CCCCCCCCCCCCc1n(Cc2ccccc2)cc[n+]1CCCCCCCCCC. The monoisotopic (exact) mass is 467 g/mol. The van der Waals surface area contributed by atoms with Crippen molar-refractivity contribution in [1.29, 1.82) is 0 Å². The third-order valence-corrected chi connectivity index (χ3v) is 7.29. The van der Waals surface area contributed by atoms with E-state index in [1.54, 1.807) is 0 Å². The first-order chi connectivity index (χ1) is 16.8. The molecule has 0 saturated carbocycles. The second-order valence-electron chi connectivity index (χ2n) is 10.4. The number of hydrogen-bond donors (Lipinski definition) is 0. The van der Waals surface area contributed by atoms with Gasteiger partial charge in [-0.05, 0) is 24.8 Å². The average Bonchev–Trinajstić information content (AvgIpc) is 3.23. The summed E-state index contributed by atoms with van der Waals surface area (Å²) in [4.78, 5) is 0. The maximum atomic E-state index is 2.56. The first-order valence-electron chi connectivity index (χ1n) is 15.0. The van der Waals surface area contributed by atoms with Crippen LogP contribution in [0.3, 0.4) is 0 Å². The van der Waals surface area contributed by atoms with Crippen LogP contribution in [0.25, 0.3) is 0 Å². The molecule has 1 aromatic carbocycles. The Morgan fingerprint density at radius 3 is 1.65 bits per heavy atom. The molecule has 0 spiro atoms. The Bertz CT molecular complexity index is 703. The van der Waals surface area contributed by atoms with E-state index in [4.69, 9.17) is 0 Å². The van der Waals surface area contributed by atoms with Gasteiger partial charge in [-0.15, -0.1) is 0 Å². The lowest BCUT2D eigenvalue weighted by Gasteiger charge is -2.07. The molecule has 0 amide bonds. The molecule has 0 bridgehead atoms. The summed E-state index contributed by atoms with van der Waals surface area (Å²) in [5.74, 6) is 1.53. The van der Waals surface area contributed by atoms with Crippen molar-refractivity contribution in [1.82, 2.24) is 4.57 Å². The molecular formula is C32H55N2+. The highest BCUT2D eigenvalue weighted by Crippen LogP contribution is 2.13. The quantitative estimate of drug-likeness (QED) is 0.120. The summed E-state index contributed by atoms with van der Waals surface area (Å²) < 4.78 is 5.07. The Morgan fingerprint density at radius 2 is 1.09 bits per heavy atom. The topological polar surface area (TPSA) is 8.81 Å². The zero-order chi connectivity index (χ0) is 24.1. The van der Waals surface area contributed by atoms with Crippen molar-refractivity contribution in [2.75, 3.05) is 0 Å². The van der Waals surface area contributed by atoms with Gasteiger partial charge in [0.1, 0.15) is 18.9 Å². The first-order valence-corrected chi connectivity index (χ1v) is 15.0. The van der Waals surface area contributed by atoms with E-state index >= 15 is 0 Å². The van der Waals surface area contributed by atoms with Gasteiger partial charge in [0.25, 0.3) is 5.82 Å². The smallest absolute Gasteiger partial charge is 0.234 e. The van der Waals surface area contributed by atoms with Crippen LogP contribution in [-0.4, -0.2) is 4.57 Å². The van der Waals surface area contributed by atoms with Crippen LogP contribution in [0.2, 0.25) is 0 Å². The van der Waals surface area contributed by atoms with Crippen molar-refractivity contribution in [2.24, 2.45) is 0 Å². The van der Waals surface area contributed by atoms with E-state index in [-0.39, 0.29) is 0 Å². The number of nitrogens with zero attached hydrogens (tertiary/aromatic N) is 2. The normalized spacial score (nSPS) is 11.4. The summed E-state index contributed by atoms with van der Waals surface area (Å²) in [5.41, 5.74) is 1.40. The summed E-state index contributed by atoms with van der Waals surface area (Å²) >= 11 is 0. The van der Waals surface area contributed by atoms with E-state index in [0.29, 0.717) is 0 Å². The lowest BCUT2D eigenvalue weighted by molar-refractivity contribution is -0.704. The van der Waals surface area contributed by atoms with Crippen molar-refractivity contribution in [3.05, 3.63) is 54.1 Å². The lowest BCUT2D eigenvalue weighted by atomic mass is 10.1. The van der Waals surface area contributed by atoms with E-state index in [9.17, 15) is 0 Å². The number of imidazole rings is 1. The second-order valence-corrected chi connectivity index (χ2v) is 10.4. The largest absolute Gasteiger partial charge is 0.256 e. The zero-order valence-corrected chi connectivity index (χ0v) is 22.8. The number of aryl methyl sites for hydroxylation is 1. The highest BCUT2D eigenvalue weighted by molar-refractivity contribution is 5.15. The number of rotatable bonds is 22. The van der Waals surface area contributed by atoms with Crippen LogP contribution in [0.1, 0.15) is 141 Å². The number of hydrogen-bond acceptors (Lipinski definition) is 0. The summed E-state index contributed by atoms with van der Waals surface area (Å²) in [6.07, 6.45) is 31.1. The molecule has 2 aromatic rings. The van der Waals surface area contributed by atoms with Gasteiger partial charge >= 0.3 is 0 Å². The van der Waals surface area contributed by atoms with Crippen molar-refractivity contribution in [3.8, 4) is 0 Å². The maximum absolute atomic E-state index is 2.56. The van der Waals surface area contributed by atoms with Gasteiger partial charge in [0.05, 0.1) is 6.54 Å². The lowest BCUT2D eigenvalue weighted by Crippen LogP contribution is -2.37. The molecule has 0 radical (unpaired) electrons. The fourth-order valence-corrected chi connectivity index (χ4v) is 5.10. The number of unbranched alkanes of at least 4 members (excludes halogenated alkanes) is 16. The molecule has 2 rings (SSSR count). The predicted molar refractivity (Wildman–Crippen MR) is 148 cm³/mol. The third-order valence-electron chi connectivity index (χ3n) is 7.29. The van der Waals surface area contributed by atoms with E-state index in [2.05, 4.69) is 65.7 Å². The molecule has 2 nitrogen and oxygen atoms in total. The first kappa shape index (κ1) is 28.7. The van der Waals surface area contributed by atoms with Crippen LogP contribution in [0, 0.1) is 0 Å². The molecule has 0 N–H and O–H groups in total. The Labute approximate surface area is 212 Å². The van der Waals surface area contributed by atoms with Gasteiger partial charge in [-0.3, -0.25) is 0 Å². The van der Waals surface area contributed by atoms with Crippen molar-refractivity contribution in [2.45, 2.75) is 149 Å². The van der Waals surface area contributed by atoms with Crippen LogP contribution in [-0.2, 0) is 19.5 Å². The van der Waals surface area contributed by atoms with Gasteiger partial charge in [-0.25, -0.2) is 9.13 Å². The Hall–Kier alpha value is -1.57. The average molecular weight is 468 g/mol. The Kier molecular flexibility index (Phi) is 16.6. The van der Waals surface area contributed by atoms with Gasteiger partial charge < -0.3 is 0 Å². The van der Waals surface area contributed by atoms with Crippen LogP contribution < -0.4 is 4.57 Å². The van der Waals surface area contributed by atoms with E-state index in [1.807, 2.05) is 0 Å². The predicted octanol–water partition coefficient (Wildman–Crippen LogP) is 9.43. The molecule has 2 heteroatoms. The highest BCUT2D eigenvalue weighted by atomic mass is 15.1. The van der Waals surface area contributed by atoms with E-state index < -0.39 is 0 Å². The zero-order valence-electron chi connectivity index (χ0n) is 22.8. The van der Waals surface area contributed by atoms with Crippen molar-refractivity contribution in [3.63, 3.8) is 0 Å². The molecule has 0 aliphatic rings. The summed E-state index contributed by atoms with van der Waals surface area (Å²) in [6.45, 7) is 6.78. The molecule has 0 aliphatic heterocycles. The fraction of sp³-hybridized carbons (Fsp3) is 0.719. The van der Waals surface area contributed by atoms with Crippen LogP contribution >= 0.6 is 0 Å². The molecule has 1 heterocycles. The van der Waals surface area contributed by atoms with E-state index in [1.165, 1.54) is 140 Å². The Balaban J connectivity index is 1.74. The van der Waals surface area contributed by atoms with Crippen LogP contribution in [0.5, 0.6) is 0 Å². The molecule has 0 atom stereocenters. The minimum absolute atomic E-state index is 0.998. The van der Waals surface area contributed by atoms with E-state index in [0.717, 1.165) is 6.54 Å². The van der Waals surface area contributed by atoms with Gasteiger partial charge in [0.15, 0.2) is 0 Å². The standard InChI is InChI=1S/C32H55N2/c1-3-5-7-9-11-13-14-15-17-22-26-32-33(27-23-18-16-12-10-8-6-4-2)28-29-34(32)30-31-24-20-19-21-25-31/h19-21,24-25,28-29H,3-18,22-23,26-27,30H2,1-2H3/q+1. The molecular weight excluding hydrogens is 412 g/mol. The van der Waals surface area contributed by atoms with Crippen molar-refractivity contribution >= 4 is 0 Å². The molecule has 1 aromatic heterocycles. The minimum Gasteiger partial charge on any atom is -0.234 e. The van der Waals surface area contributed by atoms with Gasteiger partial charge in [0.2, 0.25) is 0 Å². The summed E-state index contributed by atoms with van der Waals surface area (Å²) in [7, 11) is 0. The molecule has 34 heavy (non-hydrogen) atoms. The molecule has 0 aliphatic carbocycles. The Morgan fingerprint density at radius 1 is 0.588 bits per heavy atom. The van der Waals surface area contributed by atoms with Gasteiger partial charge in [-0.2, -0.15) is 0 Å². The molecule has 0 fully saturated rings. The maximum Gasteiger partial charge on any atom is 0.256 e. The second kappa shape index (κ2) is 19.7. The summed E-state index contributed by atoms with van der Waals surface area (Å²) in [6, 6.07) is 11.0. The molecule has 0 unspecified atom stereocenters. The van der Waals surface area contributed by atoms with Crippen LogP contribution in [0.15, 0.2) is 42.7 Å².